The summed E-state index contributed by atoms with van der Waals surface area (Å²) in [6.45, 7) is 1.15. The number of rotatable bonds is 6. The molecule has 2 N–H and O–H groups in total. The Bertz CT molecular complexity index is 587. The van der Waals surface area contributed by atoms with Crippen LogP contribution in [0.1, 0.15) is 10.5 Å². The molecule has 21 heavy (non-hydrogen) atoms. The molecule has 0 spiro atoms. The van der Waals surface area contributed by atoms with Crippen LogP contribution in [-0.4, -0.2) is 36.4 Å². The van der Waals surface area contributed by atoms with Crippen LogP contribution in [-0.2, 0) is 4.74 Å². The third-order valence-corrected chi connectivity index (χ3v) is 2.61. The zero-order chi connectivity index (χ0) is 15.1. The van der Waals surface area contributed by atoms with Gasteiger partial charge >= 0.3 is 0 Å². The lowest BCUT2D eigenvalue weighted by molar-refractivity contribution is 0.102. The fraction of sp³-hybridized carbons (Fsp3) is 0.214. The van der Waals surface area contributed by atoms with E-state index in [1.54, 1.807) is 19.2 Å². The highest BCUT2D eigenvalue weighted by molar-refractivity contribution is 6.02. The lowest BCUT2D eigenvalue weighted by Crippen LogP contribution is -2.15. The summed E-state index contributed by atoms with van der Waals surface area (Å²) in [5.74, 6) is -0.206. The molecule has 7 heteroatoms. The number of nitrogens with zero attached hydrogens (tertiary/aromatic N) is 2. The molecule has 1 aromatic heterocycles. The van der Waals surface area contributed by atoms with Crippen LogP contribution in [0.15, 0.2) is 36.4 Å². The lowest BCUT2D eigenvalue weighted by Gasteiger charge is -2.06. The Morgan fingerprint density at radius 1 is 1.19 bits per heavy atom. The molecule has 1 aromatic carbocycles. The number of carbonyl (C=O) groups is 1. The minimum atomic E-state index is -0.405. The van der Waals surface area contributed by atoms with Gasteiger partial charge in [-0.1, -0.05) is 0 Å². The lowest BCUT2D eigenvalue weighted by atomic mass is 10.3. The number of carbonyl (C=O) groups excluding carboxylic acids is 1. The molecule has 0 saturated carbocycles. The van der Waals surface area contributed by atoms with Gasteiger partial charge in [-0.2, -0.15) is 0 Å². The molecule has 6 nitrogen and oxygen atoms in total. The Morgan fingerprint density at radius 3 is 2.57 bits per heavy atom. The van der Waals surface area contributed by atoms with Crippen molar-refractivity contribution in [1.82, 2.24) is 10.2 Å². The van der Waals surface area contributed by atoms with Crippen molar-refractivity contribution in [2.75, 3.05) is 30.9 Å². The minimum absolute atomic E-state index is 0.177. The fourth-order valence-electron chi connectivity index (χ4n) is 1.56. The van der Waals surface area contributed by atoms with Crippen molar-refractivity contribution >= 4 is 17.4 Å². The van der Waals surface area contributed by atoms with Gasteiger partial charge in [0.15, 0.2) is 5.69 Å². The van der Waals surface area contributed by atoms with Crippen molar-refractivity contribution < 1.29 is 13.9 Å². The van der Waals surface area contributed by atoms with E-state index in [4.69, 9.17) is 4.74 Å². The minimum Gasteiger partial charge on any atom is -0.383 e. The molecule has 0 bridgehead atoms. The number of aromatic nitrogens is 2. The number of benzene rings is 1. The molecule has 0 unspecified atom stereocenters. The van der Waals surface area contributed by atoms with Crippen molar-refractivity contribution in [2.45, 2.75) is 0 Å². The van der Waals surface area contributed by atoms with Gasteiger partial charge in [0, 0.05) is 19.3 Å². The second-order valence-corrected chi connectivity index (χ2v) is 4.18. The maximum atomic E-state index is 12.8. The Labute approximate surface area is 121 Å². The van der Waals surface area contributed by atoms with Gasteiger partial charge in [-0.25, -0.2) is 4.39 Å². The zero-order valence-electron chi connectivity index (χ0n) is 11.5. The maximum absolute atomic E-state index is 12.8. The van der Waals surface area contributed by atoms with Gasteiger partial charge in [0.05, 0.1) is 6.61 Å². The summed E-state index contributed by atoms with van der Waals surface area (Å²) >= 11 is 0. The topological polar surface area (TPSA) is 76.1 Å². The smallest absolute Gasteiger partial charge is 0.276 e. The SMILES string of the molecule is COCCNc1ccc(C(=O)Nc2ccc(F)cc2)nn1. The third-order valence-electron chi connectivity index (χ3n) is 2.61. The number of ether oxygens (including phenoxy) is 1. The molecule has 2 rings (SSSR count). The monoisotopic (exact) mass is 290 g/mol. The van der Waals surface area contributed by atoms with Gasteiger partial charge in [0.25, 0.3) is 5.91 Å². The van der Waals surface area contributed by atoms with E-state index in [0.29, 0.717) is 24.7 Å². The van der Waals surface area contributed by atoms with Crippen LogP contribution in [0.3, 0.4) is 0 Å². The van der Waals surface area contributed by atoms with Crippen LogP contribution in [0.4, 0.5) is 15.9 Å². The molecule has 0 fully saturated rings. The van der Waals surface area contributed by atoms with Crippen molar-refractivity contribution in [3.8, 4) is 0 Å². The number of nitrogens with one attached hydrogen (secondary N) is 2. The van der Waals surface area contributed by atoms with E-state index in [1.165, 1.54) is 24.3 Å². The number of amides is 1. The van der Waals surface area contributed by atoms with Crippen LogP contribution in [0.5, 0.6) is 0 Å². The van der Waals surface area contributed by atoms with Crippen molar-refractivity contribution in [2.24, 2.45) is 0 Å². The van der Waals surface area contributed by atoms with Gasteiger partial charge in [-0.3, -0.25) is 4.79 Å². The highest BCUT2D eigenvalue weighted by atomic mass is 19.1. The first kappa shape index (κ1) is 14.9. The Morgan fingerprint density at radius 2 is 1.95 bits per heavy atom. The molecule has 0 aliphatic rings. The second kappa shape index (κ2) is 7.30. The van der Waals surface area contributed by atoms with Gasteiger partial charge in [0.1, 0.15) is 11.6 Å². The summed E-state index contributed by atoms with van der Waals surface area (Å²) < 4.78 is 17.7. The molecular formula is C14H15FN4O2. The van der Waals surface area contributed by atoms with Gasteiger partial charge in [0.2, 0.25) is 0 Å². The van der Waals surface area contributed by atoms with Gasteiger partial charge in [-0.15, -0.1) is 10.2 Å². The summed E-state index contributed by atoms with van der Waals surface area (Å²) in [6.07, 6.45) is 0. The number of anilines is 2. The number of methoxy groups -OCH3 is 1. The molecule has 0 saturated heterocycles. The van der Waals surface area contributed by atoms with Crippen molar-refractivity contribution in [3.63, 3.8) is 0 Å². The van der Waals surface area contributed by atoms with E-state index in [1.807, 2.05) is 0 Å². The molecule has 0 atom stereocenters. The van der Waals surface area contributed by atoms with Crippen LogP contribution >= 0.6 is 0 Å². The highest BCUT2D eigenvalue weighted by Gasteiger charge is 2.08. The first-order chi connectivity index (χ1) is 10.2. The molecule has 0 radical (unpaired) electrons. The third kappa shape index (κ3) is 4.50. The second-order valence-electron chi connectivity index (χ2n) is 4.18. The predicted octanol–water partition coefficient (Wildman–Crippen LogP) is 1.93. The van der Waals surface area contributed by atoms with Crippen LogP contribution in [0, 0.1) is 5.82 Å². The average molecular weight is 290 g/mol. The standard InChI is InChI=1S/C14H15FN4O2/c1-21-9-8-16-13-7-6-12(18-19-13)14(20)17-11-4-2-10(15)3-5-11/h2-7H,8-9H2,1H3,(H,16,19)(H,17,20). The van der Waals surface area contributed by atoms with E-state index in [2.05, 4.69) is 20.8 Å². The molecule has 0 aliphatic heterocycles. The molecule has 1 amide bonds. The van der Waals surface area contributed by atoms with E-state index < -0.39 is 5.91 Å². The number of hydrogen-bond donors (Lipinski definition) is 2. The quantitative estimate of drug-likeness (QED) is 0.795. The predicted molar refractivity (Wildman–Crippen MR) is 76.8 cm³/mol. The van der Waals surface area contributed by atoms with E-state index in [0.717, 1.165) is 0 Å². The van der Waals surface area contributed by atoms with E-state index in [9.17, 15) is 9.18 Å². The van der Waals surface area contributed by atoms with Crippen LogP contribution in [0.2, 0.25) is 0 Å². The average Bonchev–Trinajstić information content (AvgIpc) is 2.50. The Balaban J connectivity index is 1.94. The summed E-state index contributed by atoms with van der Waals surface area (Å²) in [5.41, 5.74) is 0.669. The first-order valence-corrected chi connectivity index (χ1v) is 6.32. The van der Waals surface area contributed by atoms with Crippen LogP contribution in [0.25, 0.3) is 0 Å². The van der Waals surface area contributed by atoms with Crippen molar-refractivity contribution in [3.05, 3.63) is 47.9 Å². The number of hydrogen-bond acceptors (Lipinski definition) is 5. The normalized spacial score (nSPS) is 10.2. The molecule has 110 valence electrons. The Kier molecular flexibility index (Phi) is 5.16. The zero-order valence-corrected chi connectivity index (χ0v) is 11.5. The van der Waals surface area contributed by atoms with E-state index >= 15 is 0 Å². The maximum Gasteiger partial charge on any atom is 0.276 e. The highest BCUT2D eigenvalue weighted by Crippen LogP contribution is 2.10. The molecule has 1 heterocycles. The summed E-state index contributed by atoms with van der Waals surface area (Å²) in [7, 11) is 1.61. The summed E-state index contributed by atoms with van der Waals surface area (Å²) in [5, 5.41) is 13.3. The summed E-state index contributed by atoms with van der Waals surface area (Å²) in [4.78, 5) is 11.9. The van der Waals surface area contributed by atoms with Crippen molar-refractivity contribution in [1.29, 1.82) is 0 Å². The fourth-order valence-corrected chi connectivity index (χ4v) is 1.56. The number of halogens is 1. The van der Waals surface area contributed by atoms with Crippen LogP contribution < -0.4 is 10.6 Å². The van der Waals surface area contributed by atoms with Gasteiger partial charge in [-0.05, 0) is 36.4 Å². The van der Waals surface area contributed by atoms with E-state index in [-0.39, 0.29) is 11.5 Å². The molecular weight excluding hydrogens is 275 g/mol. The molecule has 0 aliphatic carbocycles. The first-order valence-electron chi connectivity index (χ1n) is 6.32. The summed E-state index contributed by atoms with van der Waals surface area (Å²) in [6, 6.07) is 8.69. The van der Waals surface area contributed by atoms with Gasteiger partial charge < -0.3 is 15.4 Å². The molecule has 2 aromatic rings. The Hall–Kier alpha value is -2.54. The largest absolute Gasteiger partial charge is 0.383 e.